The van der Waals surface area contributed by atoms with Crippen molar-refractivity contribution in [3.05, 3.63) is 23.8 Å². The van der Waals surface area contributed by atoms with E-state index in [1.807, 2.05) is 35.6 Å². The zero-order chi connectivity index (χ0) is 39.2. The van der Waals surface area contributed by atoms with Gasteiger partial charge in [0.25, 0.3) is 0 Å². The Balaban J connectivity index is 0.671. The van der Waals surface area contributed by atoms with Crippen LogP contribution in [0.4, 0.5) is 0 Å². The van der Waals surface area contributed by atoms with E-state index in [9.17, 15) is 0 Å². The Hall–Kier alpha value is -2.12. The fraction of sp³-hybridized carbons (Fsp3) is 0.902. The van der Waals surface area contributed by atoms with Gasteiger partial charge >= 0.3 is 0 Å². The normalized spacial score (nSPS) is 47.3. The highest BCUT2D eigenvalue weighted by Crippen LogP contribution is 2.62. The number of ether oxygens (including phenoxy) is 6. The van der Waals surface area contributed by atoms with Crippen LogP contribution < -0.4 is 0 Å². The van der Waals surface area contributed by atoms with Gasteiger partial charge in [0, 0.05) is 74.8 Å². The molecule has 8 saturated heterocycles. The van der Waals surface area contributed by atoms with Crippen LogP contribution in [-0.2, 0) is 73.9 Å². The summed E-state index contributed by atoms with van der Waals surface area (Å²) in [5.41, 5.74) is 0.603. The van der Waals surface area contributed by atoms with Crippen LogP contribution in [0.15, 0.2) is 12.4 Å². The van der Waals surface area contributed by atoms with Crippen molar-refractivity contribution in [1.82, 2.24) is 30.0 Å². The van der Waals surface area contributed by atoms with Gasteiger partial charge in [-0.1, -0.05) is 38.1 Å². The lowest BCUT2D eigenvalue weighted by atomic mass is 9.58. The molecule has 2 saturated carbocycles. The summed E-state index contributed by atoms with van der Waals surface area (Å²) >= 11 is 0. The van der Waals surface area contributed by atoms with Crippen molar-refractivity contribution in [3.8, 4) is 0 Å². The monoisotopic (exact) mass is 798 g/mol. The summed E-state index contributed by atoms with van der Waals surface area (Å²) < 4.78 is 42.6. The molecule has 0 radical (unpaired) electrons. The maximum absolute atomic E-state index is 6.57. The Kier molecular flexibility index (Phi) is 10.1. The van der Waals surface area contributed by atoms with Gasteiger partial charge in [0.05, 0.1) is 24.6 Å². The molecule has 16 atom stereocenters. The number of rotatable bonds is 12. The number of fused-ring (bicyclic) bond motifs is 4. The second kappa shape index (κ2) is 14.8. The van der Waals surface area contributed by atoms with Crippen molar-refractivity contribution in [1.29, 1.82) is 0 Å². The third kappa shape index (κ3) is 6.63. The molecule has 12 rings (SSSR count). The molecule has 0 N–H and O–H groups in total. The van der Waals surface area contributed by atoms with Gasteiger partial charge in [0.15, 0.2) is 36.4 Å². The van der Waals surface area contributed by atoms with Crippen molar-refractivity contribution < 1.29 is 48.0 Å². The molecule has 2 spiro atoms. The Morgan fingerprint density at radius 2 is 1.07 bits per heavy atom. The smallest absolute Gasteiger partial charge is 0.201 e. The highest BCUT2D eigenvalue weighted by molar-refractivity contribution is 5.10. The zero-order valence-electron chi connectivity index (χ0n) is 34.5. The predicted molar refractivity (Wildman–Crippen MR) is 198 cm³/mol. The van der Waals surface area contributed by atoms with E-state index >= 15 is 0 Å². The van der Waals surface area contributed by atoms with Crippen molar-refractivity contribution in [3.63, 3.8) is 0 Å². The van der Waals surface area contributed by atoms with E-state index in [1.165, 1.54) is 0 Å². The van der Waals surface area contributed by atoms with Crippen LogP contribution in [-0.4, -0.2) is 91.1 Å². The van der Waals surface area contributed by atoms with Crippen LogP contribution in [0.1, 0.15) is 111 Å². The lowest BCUT2D eigenvalue weighted by Gasteiger charge is -2.60. The molecule has 57 heavy (non-hydrogen) atoms. The van der Waals surface area contributed by atoms with Gasteiger partial charge < -0.3 is 28.4 Å². The van der Waals surface area contributed by atoms with E-state index in [4.69, 9.17) is 48.0 Å². The molecule has 0 aromatic carbocycles. The molecule has 10 heterocycles. The molecule has 8 aliphatic heterocycles. The first-order valence-corrected chi connectivity index (χ1v) is 21.9. The van der Waals surface area contributed by atoms with Crippen LogP contribution in [0, 0.1) is 47.3 Å². The molecule has 16 nitrogen and oxygen atoms in total. The van der Waals surface area contributed by atoms with Gasteiger partial charge in [-0.3, -0.25) is 9.36 Å². The molecule has 2 aromatic rings. The zero-order valence-corrected chi connectivity index (χ0v) is 34.5. The van der Waals surface area contributed by atoms with Gasteiger partial charge in [-0.05, 0) is 82.5 Å². The Bertz CT molecular complexity index is 1630. The number of aromatic nitrogens is 6. The Morgan fingerprint density at radius 1 is 0.614 bits per heavy atom. The average Bonchev–Trinajstić information content (AvgIpc) is 3.70. The summed E-state index contributed by atoms with van der Waals surface area (Å²) in [6.45, 7) is 15.4. The first-order valence-electron chi connectivity index (χ1n) is 21.9. The fourth-order valence-corrected chi connectivity index (χ4v) is 12.2. The molecule has 0 unspecified atom stereocenters. The molecule has 16 heteroatoms. The molecular weight excluding hydrogens is 736 g/mol. The lowest BCUT2D eigenvalue weighted by molar-refractivity contribution is -0.577. The van der Waals surface area contributed by atoms with E-state index in [0.29, 0.717) is 62.8 Å². The lowest BCUT2D eigenvalue weighted by Crippen LogP contribution is -2.70. The van der Waals surface area contributed by atoms with Crippen molar-refractivity contribution in [2.45, 2.75) is 173 Å². The molecule has 10 aliphatic rings. The minimum absolute atomic E-state index is 0.138. The topological polar surface area (TPSA) is 154 Å². The van der Waals surface area contributed by atoms with Gasteiger partial charge in [0.2, 0.25) is 11.6 Å². The minimum Gasteiger partial charge on any atom is -0.352 e. The number of nitrogens with zero attached hydrogens (tertiary/aromatic N) is 6. The fourth-order valence-electron chi connectivity index (χ4n) is 12.2. The highest BCUT2D eigenvalue weighted by atomic mass is 17.3. The molecule has 2 aromatic heterocycles. The van der Waals surface area contributed by atoms with E-state index < -0.39 is 35.4 Å². The molecule has 0 amide bonds. The minimum atomic E-state index is -0.796. The second-order valence-corrected chi connectivity index (χ2v) is 19.1. The van der Waals surface area contributed by atoms with Crippen molar-refractivity contribution in [2.75, 3.05) is 13.2 Å². The van der Waals surface area contributed by atoms with E-state index in [-0.39, 0.29) is 36.3 Å². The maximum Gasteiger partial charge on any atom is 0.201 e. The first kappa shape index (κ1) is 39.0. The third-order valence-electron chi connectivity index (χ3n) is 15.4. The van der Waals surface area contributed by atoms with Gasteiger partial charge in [-0.2, -0.15) is 0 Å². The van der Waals surface area contributed by atoms with Crippen LogP contribution in [0.25, 0.3) is 0 Å². The van der Waals surface area contributed by atoms with Crippen molar-refractivity contribution >= 4 is 0 Å². The van der Waals surface area contributed by atoms with Gasteiger partial charge in [-0.25, -0.2) is 19.6 Å². The third-order valence-corrected chi connectivity index (χ3v) is 15.4. The van der Waals surface area contributed by atoms with Crippen molar-refractivity contribution in [2.24, 2.45) is 47.3 Å². The summed E-state index contributed by atoms with van der Waals surface area (Å²) in [7, 11) is 0. The number of hydrogen-bond acceptors (Lipinski definition) is 14. The molecule has 316 valence electrons. The van der Waals surface area contributed by atoms with Crippen LogP contribution in [0.5, 0.6) is 0 Å². The quantitative estimate of drug-likeness (QED) is 0.249. The SMILES string of the molecule is C[C@H]1[C@H](OCCc2cn(CCCn3cc(CCO[C@@H]4O[C@@H]5O[C@@]6(C)CC[C@H]7[C@H](C)CC[C@@H]([C@H]4C)[C@@]57OO6)nn3)nn2)O[C@@H]2O[C@@]3(C)CC[C@H]4[C@H](C)CC[C@@H]1[C@@]24OO3. The van der Waals surface area contributed by atoms with E-state index in [2.05, 4.69) is 48.3 Å². The molecule has 10 fully saturated rings. The second-order valence-electron chi connectivity index (χ2n) is 19.1. The molecular formula is C41H62N6O10. The summed E-state index contributed by atoms with van der Waals surface area (Å²) in [4.78, 5) is 24.4. The number of hydrogen-bond donors (Lipinski definition) is 0. The summed E-state index contributed by atoms with van der Waals surface area (Å²) in [5.74, 6) is 0.882. The van der Waals surface area contributed by atoms with E-state index in [0.717, 1.165) is 69.2 Å². The summed E-state index contributed by atoms with van der Waals surface area (Å²) in [6, 6.07) is 0. The largest absolute Gasteiger partial charge is 0.352 e. The average molecular weight is 799 g/mol. The predicted octanol–water partition coefficient (Wildman–Crippen LogP) is 5.49. The summed E-state index contributed by atoms with van der Waals surface area (Å²) in [5, 5.41) is 17.6. The Labute approximate surface area is 335 Å². The highest BCUT2D eigenvalue weighted by Gasteiger charge is 2.71. The van der Waals surface area contributed by atoms with Crippen LogP contribution in [0.2, 0.25) is 0 Å². The Morgan fingerprint density at radius 3 is 1.53 bits per heavy atom. The molecule has 2 aliphatic carbocycles. The van der Waals surface area contributed by atoms with E-state index in [1.54, 1.807) is 0 Å². The first-order chi connectivity index (χ1) is 27.5. The standard InChI is InChI=1S/C41H62N6O10/c1-24-8-10-32-26(3)34(50-36-40(32)30(24)12-16-38(5,52-36)54-56-40)48-20-14-28-22-46(44-42-28)18-7-19-47-23-29(43-45-47)15-21-49-35-27(4)33-11-9-25(2)31-13-17-39(6)53-37(51-35)41(31,33)57-55-39/h22-27,30-37H,7-21H2,1-6H3/t24-,25-,26-,27-,30+,31+,32+,33+,34-,35-,36-,37-,38-,39-,40-,41-/m1/s1. The maximum atomic E-state index is 6.57. The summed E-state index contributed by atoms with van der Waals surface area (Å²) in [6.07, 6.45) is 12.3. The molecule has 4 bridgehead atoms. The van der Waals surface area contributed by atoms with Gasteiger partial charge in [0.1, 0.15) is 0 Å². The van der Waals surface area contributed by atoms with Crippen LogP contribution >= 0.6 is 0 Å². The van der Waals surface area contributed by atoms with Gasteiger partial charge in [-0.15, -0.1) is 10.2 Å². The number of aryl methyl sites for hydroxylation is 2. The van der Waals surface area contributed by atoms with Crippen LogP contribution in [0.3, 0.4) is 0 Å².